The third-order valence-corrected chi connectivity index (χ3v) is 14.2. The minimum atomic E-state index is -0.332. The monoisotopic (exact) mass is 880 g/mol. The van der Waals surface area contributed by atoms with Gasteiger partial charge in [0.1, 0.15) is 11.2 Å². The predicted molar refractivity (Wildman–Crippen MR) is 282 cm³/mol. The van der Waals surface area contributed by atoms with Crippen LogP contribution >= 0.6 is 0 Å². The van der Waals surface area contributed by atoms with Crippen molar-refractivity contribution in [2.75, 3.05) is 9.71 Å². The van der Waals surface area contributed by atoms with Gasteiger partial charge in [0.25, 0.3) is 0 Å². The highest BCUT2D eigenvalue weighted by atomic mass is 16.6. The first kappa shape index (κ1) is 40.3. The number of para-hydroxylation sites is 4. The molecule has 328 valence electrons. The summed E-state index contributed by atoms with van der Waals surface area (Å²) >= 11 is 0. The summed E-state index contributed by atoms with van der Waals surface area (Å²) in [5.41, 5.74) is 18.6. The van der Waals surface area contributed by atoms with E-state index in [1.807, 2.05) is 24.3 Å². The Morgan fingerprint density at radius 2 is 0.956 bits per heavy atom. The summed E-state index contributed by atoms with van der Waals surface area (Å²) < 4.78 is 20.8. The van der Waals surface area contributed by atoms with Gasteiger partial charge in [-0.05, 0) is 105 Å². The maximum absolute atomic E-state index is 7.09. The first-order valence-electron chi connectivity index (χ1n) is 23.7. The van der Waals surface area contributed by atoms with Crippen molar-refractivity contribution in [1.82, 2.24) is 0 Å². The zero-order chi connectivity index (χ0) is 46.1. The van der Waals surface area contributed by atoms with Gasteiger partial charge >= 0.3 is 6.85 Å². The molecule has 0 fully saturated rings. The Labute approximate surface area is 397 Å². The van der Waals surface area contributed by atoms with Crippen molar-refractivity contribution < 1.29 is 13.9 Å². The quantitative estimate of drug-likeness (QED) is 0.165. The lowest BCUT2D eigenvalue weighted by Gasteiger charge is -2.46. The highest BCUT2D eigenvalue weighted by molar-refractivity contribution is 6.94. The van der Waals surface area contributed by atoms with Crippen molar-refractivity contribution in [3.05, 3.63) is 199 Å². The molecule has 13 rings (SSSR count). The molecule has 3 aliphatic rings. The van der Waals surface area contributed by atoms with E-state index in [2.05, 4.69) is 215 Å². The number of benzene rings is 9. The fourth-order valence-electron chi connectivity index (χ4n) is 10.8. The molecule has 5 nitrogen and oxygen atoms in total. The molecular formula is C62H49BN2O3. The normalized spacial score (nSPS) is 13.6. The molecule has 0 unspecified atom stereocenters. The minimum Gasteiger partial charge on any atom is -0.455 e. The van der Waals surface area contributed by atoms with Crippen LogP contribution in [0.4, 0.5) is 28.4 Å². The molecule has 3 aliphatic heterocycles. The van der Waals surface area contributed by atoms with E-state index in [9.17, 15) is 0 Å². The molecule has 10 aromatic rings. The van der Waals surface area contributed by atoms with E-state index in [1.165, 1.54) is 16.7 Å². The molecule has 0 bridgehead atoms. The van der Waals surface area contributed by atoms with Crippen LogP contribution in [-0.4, -0.2) is 6.85 Å². The molecule has 0 atom stereocenters. The van der Waals surface area contributed by atoms with Crippen LogP contribution in [0.2, 0.25) is 0 Å². The van der Waals surface area contributed by atoms with E-state index >= 15 is 0 Å². The molecule has 0 N–H and O–H groups in total. The third-order valence-electron chi connectivity index (χ3n) is 14.2. The molecular weight excluding hydrogens is 832 g/mol. The van der Waals surface area contributed by atoms with Crippen LogP contribution in [0.15, 0.2) is 192 Å². The number of ether oxygens (including phenoxy) is 2. The van der Waals surface area contributed by atoms with Crippen molar-refractivity contribution in [1.29, 1.82) is 0 Å². The fraction of sp³-hybridized carbons (Fsp3) is 0.129. The first-order valence-corrected chi connectivity index (χ1v) is 23.7. The summed E-state index contributed by atoms with van der Waals surface area (Å²) in [4.78, 5) is 5.09. The van der Waals surface area contributed by atoms with Crippen LogP contribution in [0.3, 0.4) is 0 Å². The molecule has 68 heavy (non-hydrogen) atoms. The van der Waals surface area contributed by atoms with E-state index < -0.39 is 0 Å². The van der Waals surface area contributed by atoms with Gasteiger partial charge in [0.15, 0.2) is 23.0 Å². The van der Waals surface area contributed by atoms with Crippen molar-refractivity contribution in [3.8, 4) is 56.4 Å². The van der Waals surface area contributed by atoms with Gasteiger partial charge in [0, 0.05) is 61.8 Å². The van der Waals surface area contributed by atoms with Crippen molar-refractivity contribution in [2.45, 2.75) is 52.4 Å². The van der Waals surface area contributed by atoms with E-state index in [1.54, 1.807) is 0 Å². The van der Waals surface area contributed by atoms with Crippen LogP contribution in [0.1, 0.15) is 52.7 Å². The van der Waals surface area contributed by atoms with Crippen LogP contribution in [0.5, 0.6) is 23.0 Å². The Morgan fingerprint density at radius 1 is 0.412 bits per heavy atom. The summed E-state index contributed by atoms with van der Waals surface area (Å²) in [5.74, 6) is 2.72. The molecule has 4 heterocycles. The van der Waals surface area contributed by atoms with E-state index in [0.717, 1.165) is 89.1 Å². The number of nitrogens with zero attached hydrogens (tertiary/aromatic N) is 2. The van der Waals surface area contributed by atoms with Gasteiger partial charge in [-0.3, -0.25) is 0 Å². The Hall–Kier alpha value is -7.96. The molecule has 0 aliphatic carbocycles. The first-order chi connectivity index (χ1) is 33.0. The Morgan fingerprint density at radius 3 is 1.62 bits per heavy atom. The highest BCUT2D eigenvalue weighted by Crippen LogP contribution is 2.55. The average molecular weight is 881 g/mol. The topological polar surface area (TPSA) is 38.1 Å². The molecule has 6 heteroatoms. The maximum atomic E-state index is 7.09. The fourth-order valence-corrected chi connectivity index (χ4v) is 10.8. The zero-order valence-electron chi connectivity index (χ0n) is 39.1. The third kappa shape index (κ3) is 6.16. The van der Waals surface area contributed by atoms with Crippen LogP contribution < -0.4 is 30.1 Å². The molecule has 0 spiro atoms. The average Bonchev–Trinajstić information content (AvgIpc) is 3.73. The molecule has 0 saturated heterocycles. The van der Waals surface area contributed by atoms with Crippen LogP contribution in [-0.2, 0) is 10.8 Å². The van der Waals surface area contributed by atoms with Gasteiger partial charge in [-0.2, -0.15) is 0 Å². The van der Waals surface area contributed by atoms with E-state index in [0.29, 0.717) is 23.0 Å². The summed E-state index contributed by atoms with van der Waals surface area (Å²) in [6.07, 6.45) is 0. The smallest absolute Gasteiger partial charge is 0.333 e. The standard InChI is InChI=1S/C62H49BN2O3/c1-61(2,3)40-29-31-48(44(33-40)38-19-9-7-10-20-38)64-51-37-57-56(66-54-27-17-18-28-55(54)67-57)36-47(51)63-59-52(64)35-46-42-23-14-16-26-53(42)68-60(46)58(59)43-24-13-15-25-49(43)65(63)50-32-30-41(62(4,5)6)34-45(50)39-21-11-8-12-22-39/h7-37H,1-6H3. The highest BCUT2D eigenvalue weighted by Gasteiger charge is 2.48. The van der Waals surface area contributed by atoms with Gasteiger partial charge in [-0.1, -0.05) is 163 Å². The van der Waals surface area contributed by atoms with E-state index in [-0.39, 0.29) is 17.7 Å². The number of rotatable bonds is 4. The van der Waals surface area contributed by atoms with Crippen molar-refractivity contribution >= 4 is 68.1 Å². The van der Waals surface area contributed by atoms with Gasteiger partial charge in [0.05, 0.1) is 5.69 Å². The minimum absolute atomic E-state index is 0.0713. The molecule has 9 aromatic carbocycles. The molecule has 0 radical (unpaired) electrons. The number of hydrogen-bond acceptors (Lipinski definition) is 5. The lowest BCUT2D eigenvalue weighted by Crippen LogP contribution is -2.61. The van der Waals surface area contributed by atoms with Crippen LogP contribution in [0.25, 0.3) is 55.3 Å². The second-order valence-corrected chi connectivity index (χ2v) is 20.5. The molecule has 1 aromatic heterocycles. The number of hydrogen-bond donors (Lipinski definition) is 0. The lowest BCUT2D eigenvalue weighted by molar-refractivity contribution is 0.360. The zero-order valence-corrected chi connectivity index (χ0v) is 39.1. The molecule has 0 amide bonds. The Kier molecular flexibility index (Phi) is 8.76. The number of furan rings is 1. The van der Waals surface area contributed by atoms with Gasteiger partial charge in [-0.25, -0.2) is 0 Å². The van der Waals surface area contributed by atoms with E-state index in [4.69, 9.17) is 13.9 Å². The van der Waals surface area contributed by atoms with Crippen molar-refractivity contribution in [3.63, 3.8) is 0 Å². The second kappa shape index (κ2) is 14.8. The van der Waals surface area contributed by atoms with Crippen molar-refractivity contribution in [2.24, 2.45) is 0 Å². The maximum Gasteiger partial charge on any atom is 0.333 e. The van der Waals surface area contributed by atoms with Gasteiger partial charge in [0.2, 0.25) is 0 Å². The summed E-state index contributed by atoms with van der Waals surface area (Å²) in [7, 11) is 0. The van der Waals surface area contributed by atoms with Crippen LogP contribution in [0, 0.1) is 0 Å². The summed E-state index contributed by atoms with van der Waals surface area (Å²) in [6, 6.07) is 67.9. The Bertz CT molecular complexity index is 3680. The number of anilines is 5. The predicted octanol–water partition coefficient (Wildman–Crippen LogP) is 16.1. The van der Waals surface area contributed by atoms with Gasteiger partial charge < -0.3 is 23.6 Å². The Balaban J connectivity index is 1.19. The SMILES string of the molecule is CC(C)(C)c1ccc(N2B3c4cc5c(cc4N(c4ccc(C(C)(C)C)cc4-c4ccccc4)c4cc6c(oc7ccccc76)c(c43)-c3ccccc32)Oc2ccccc2O5)c(-c2ccccc2)c1. The van der Waals surface area contributed by atoms with Gasteiger partial charge in [-0.15, -0.1) is 0 Å². The molecule has 0 saturated carbocycles. The largest absolute Gasteiger partial charge is 0.455 e. The second-order valence-electron chi connectivity index (χ2n) is 20.5. The summed E-state index contributed by atoms with van der Waals surface area (Å²) in [6.45, 7) is 13.4. The summed E-state index contributed by atoms with van der Waals surface area (Å²) in [5, 5.41) is 2.15. The number of fused-ring (bicyclic) bond motifs is 10. The lowest BCUT2D eigenvalue weighted by atomic mass is 9.43.